The van der Waals surface area contributed by atoms with E-state index in [1.54, 1.807) is 0 Å². The molecule has 5 unspecified atom stereocenters. The second-order valence-corrected chi connectivity index (χ2v) is 12.2. The number of nitrogens with one attached hydrogen (secondary N) is 6. The smallest absolute Gasteiger partial charge is 0.326 e. The Labute approximate surface area is 311 Å². The van der Waals surface area contributed by atoms with Gasteiger partial charge < -0.3 is 52.3 Å². The van der Waals surface area contributed by atoms with E-state index in [-0.39, 0.29) is 31.6 Å². The van der Waals surface area contributed by atoms with E-state index in [0.29, 0.717) is 25.8 Å². The van der Waals surface area contributed by atoms with E-state index in [2.05, 4.69) is 44.2 Å². The summed E-state index contributed by atoms with van der Waals surface area (Å²) in [5.74, 6) is -9.83. The third kappa shape index (κ3) is 22.3. The van der Waals surface area contributed by atoms with Crippen molar-refractivity contribution in [1.29, 1.82) is 0 Å². The van der Waals surface area contributed by atoms with Gasteiger partial charge in [-0.2, -0.15) is 0 Å². The second-order valence-electron chi connectivity index (χ2n) is 12.2. The maximum absolute atomic E-state index is 12.5. The van der Waals surface area contributed by atoms with Crippen LogP contribution in [0.5, 0.6) is 0 Å². The highest BCUT2D eigenvalue weighted by molar-refractivity contribution is 5.94. The molecule has 0 saturated heterocycles. The van der Waals surface area contributed by atoms with E-state index in [4.69, 9.17) is 5.11 Å². The van der Waals surface area contributed by atoms with Crippen LogP contribution in [-0.2, 0) is 47.9 Å². The predicted molar refractivity (Wildman–Crippen MR) is 189 cm³/mol. The van der Waals surface area contributed by atoms with Crippen molar-refractivity contribution in [3.8, 4) is 0 Å². The van der Waals surface area contributed by atoms with Crippen LogP contribution in [0.2, 0.25) is 0 Å². The SMILES string of the molecule is C=C=CC(=O)C(CCCCNC(=O)CCC(NC(=O)CCC(NC(=O)CCC(NC(=O)CCC(NC(C)=O)C(=O)O)C(=O)O)C(=O)O)C(=O)O)NCCC. The quantitative estimate of drug-likeness (QED) is 0.0237. The molecule has 0 aromatic rings. The summed E-state index contributed by atoms with van der Waals surface area (Å²) in [4.78, 5) is 119. The molecule has 5 atom stereocenters. The summed E-state index contributed by atoms with van der Waals surface area (Å²) in [6.45, 7) is 7.38. The molecule has 0 spiro atoms. The van der Waals surface area contributed by atoms with Crippen LogP contribution in [0.3, 0.4) is 0 Å². The highest BCUT2D eigenvalue weighted by Crippen LogP contribution is 2.07. The van der Waals surface area contributed by atoms with Gasteiger partial charge in [-0.05, 0) is 57.9 Å². The largest absolute Gasteiger partial charge is 0.480 e. The van der Waals surface area contributed by atoms with Crippen molar-refractivity contribution in [2.45, 2.75) is 121 Å². The van der Waals surface area contributed by atoms with E-state index in [1.807, 2.05) is 6.92 Å². The minimum atomic E-state index is -1.62. The first-order chi connectivity index (χ1) is 25.4. The van der Waals surface area contributed by atoms with Crippen LogP contribution in [0.15, 0.2) is 18.4 Å². The lowest BCUT2D eigenvalue weighted by Gasteiger charge is -2.18. The van der Waals surface area contributed by atoms with Crippen molar-refractivity contribution in [2.75, 3.05) is 13.1 Å². The van der Waals surface area contributed by atoms with E-state index < -0.39 is 116 Å². The maximum atomic E-state index is 12.5. The third-order valence-corrected chi connectivity index (χ3v) is 7.69. The molecule has 0 bridgehead atoms. The minimum Gasteiger partial charge on any atom is -0.480 e. The van der Waals surface area contributed by atoms with Gasteiger partial charge in [0, 0.05) is 45.2 Å². The number of unbranched alkanes of at least 4 members (excludes halogenated alkanes) is 1. The molecule has 20 nitrogen and oxygen atoms in total. The molecule has 0 aromatic heterocycles. The molecule has 0 aromatic carbocycles. The molecule has 0 heterocycles. The zero-order valence-corrected chi connectivity index (χ0v) is 30.4. The maximum Gasteiger partial charge on any atom is 0.326 e. The van der Waals surface area contributed by atoms with Crippen molar-refractivity contribution < 1.29 is 68.4 Å². The molecule has 10 N–H and O–H groups in total. The number of hydrogen-bond donors (Lipinski definition) is 10. The summed E-state index contributed by atoms with van der Waals surface area (Å²) in [7, 11) is 0. The minimum absolute atomic E-state index is 0.145. The van der Waals surface area contributed by atoms with Gasteiger partial charge in [0.05, 0.1) is 6.04 Å². The highest BCUT2D eigenvalue weighted by atomic mass is 16.4. The summed E-state index contributed by atoms with van der Waals surface area (Å²) in [5, 5.41) is 52.0. The zero-order valence-electron chi connectivity index (χ0n) is 30.4. The van der Waals surface area contributed by atoms with E-state index in [9.17, 15) is 63.3 Å². The lowest BCUT2D eigenvalue weighted by Crippen LogP contribution is -2.45. The first kappa shape index (κ1) is 48.4. The fraction of sp³-hybridized carbons (Fsp3) is 0.618. The number of carboxylic acid groups (broad SMARTS) is 4. The van der Waals surface area contributed by atoms with E-state index >= 15 is 0 Å². The Morgan fingerprint density at radius 3 is 1.30 bits per heavy atom. The van der Waals surface area contributed by atoms with Crippen molar-refractivity contribution in [3.05, 3.63) is 18.4 Å². The Balaban J connectivity index is 4.82. The number of carbonyl (C=O) groups excluding carboxylic acids is 6. The molecule has 0 aliphatic rings. The fourth-order valence-corrected chi connectivity index (χ4v) is 4.83. The van der Waals surface area contributed by atoms with Gasteiger partial charge in [-0.25, -0.2) is 19.2 Å². The van der Waals surface area contributed by atoms with Crippen LogP contribution < -0.4 is 31.9 Å². The lowest BCUT2D eigenvalue weighted by molar-refractivity contribution is -0.144. The Morgan fingerprint density at radius 2 is 0.944 bits per heavy atom. The van der Waals surface area contributed by atoms with Gasteiger partial charge in [-0.1, -0.05) is 13.5 Å². The van der Waals surface area contributed by atoms with Crippen molar-refractivity contribution in [3.63, 3.8) is 0 Å². The van der Waals surface area contributed by atoms with Gasteiger partial charge in [0.25, 0.3) is 0 Å². The van der Waals surface area contributed by atoms with Crippen molar-refractivity contribution in [1.82, 2.24) is 31.9 Å². The third-order valence-electron chi connectivity index (χ3n) is 7.69. The summed E-state index contributed by atoms with van der Waals surface area (Å²) in [6, 6.07) is -6.48. The van der Waals surface area contributed by atoms with Gasteiger partial charge in [0.1, 0.15) is 24.2 Å². The number of ketones is 1. The first-order valence-corrected chi connectivity index (χ1v) is 17.4. The summed E-state index contributed by atoms with van der Waals surface area (Å²) >= 11 is 0. The van der Waals surface area contributed by atoms with Gasteiger partial charge in [-0.15, -0.1) is 5.73 Å². The lowest BCUT2D eigenvalue weighted by atomic mass is 10.0. The number of rotatable bonds is 30. The van der Waals surface area contributed by atoms with E-state index in [1.165, 1.54) is 6.08 Å². The average molecular weight is 769 g/mol. The summed E-state index contributed by atoms with van der Waals surface area (Å²) in [6.07, 6.45) is 0.439. The molecule has 54 heavy (non-hydrogen) atoms. The Morgan fingerprint density at radius 1 is 0.556 bits per heavy atom. The van der Waals surface area contributed by atoms with Crippen LogP contribution >= 0.6 is 0 Å². The van der Waals surface area contributed by atoms with Crippen LogP contribution in [0.25, 0.3) is 0 Å². The van der Waals surface area contributed by atoms with Gasteiger partial charge in [0.2, 0.25) is 29.5 Å². The van der Waals surface area contributed by atoms with Crippen LogP contribution in [0.4, 0.5) is 0 Å². The topological polar surface area (TPSA) is 324 Å². The average Bonchev–Trinajstić information content (AvgIpc) is 3.08. The molecule has 302 valence electrons. The van der Waals surface area contributed by atoms with Gasteiger partial charge >= 0.3 is 23.9 Å². The first-order valence-electron chi connectivity index (χ1n) is 17.4. The van der Waals surface area contributed by atoms with Crippen molar-refractivity contribution >= 4 is 59.2 Å². The Bertz CT molecular complexity index is 1400. The van der Waals surface area contributed by atoms with Gasteiger partial charge in [-0.3, -0.25) is 28.8 Å². The molecule has 20 heteroatoms. The number of carbonyl (C=O) groups is 10. The predicted octanol–water partition coefficient (Wildman–Crippen LogP) is -1.03. The number of carboxylic acids is 4. The number of hydrogen-bond acceptors (Lipinski definition) is 11. The van der Waals surface area contributed by atoms with Crippen LogP contribution in [-0.4, -0.2) is 123 Å². The molecule has 0 aliphatic carbocycles. The molecular weight excluding hydrogens is 716 g/mol. The normalized spacial score (nSPS) is 13.3. The summed E-state index contributed by atoms with van der Waals surface area (Å²) in [5.41, 5.74) is 2.46. The van der Waals surface area contributed by atoms with E-state index in [0.717, 1.165) is 13.3 Å². The Kier molecular flexibility index (Phi) is 24.2. The zero-order chi connectivity index (χ0) is 41.2. The molecule has 5 amide bonds. The molecule has 0 saturated carbocycles. The van der Waals surface area contributed by atoms with Crippen molar-refractivity contribution in [2.24, 2.45) is 0 Å². The second kappa shape index (κ2) is 27.1. The molecule has 0 rings (SSSR count). The molecule has 0 radical (unpaired) electrons. The van der Waals surface area contributed by atoms with Crippen LogP contribution in [0, 0.1) is 0 Å². The highest BCUT2D eigenvalue weighted by Gasteiger charge is 2.27. The fourth-order valence-electron chi connectivity index (χ4n) is 4.83. The molecule has 0 aliphatic heterocycles. The number of aliphatic carboxylic acids is 4. The number of amides is 5. The molecular formula is C34H52N6O14. The summed E-state index contributed by atoms with van der Waals surface area (Å²) < 4.78 is 0. The standard InChI is InChI=1S/C34H52N6O14/c1-4-8-26(42)21(35-18-5-2)9-6-7-19-36-27(43)14-10-23(32(49)50)38-29(45)16-12-25(34(53)54)40-30(46)17-13-24(33(51)52)39-28(44)15-11-22(31(47)48)37-20(3)41/h8,21-25,35H,1,5-7,9-19H2,2-3H3,(H,36,43)(H,37,41)(H,38,45)(H,39,44)(H,40,46)(H,47,48)(H,49,50)(H,51,52)(H,53,54). The monoisotopic (exact) mass is 768 g/mol. The Hall–Kier alpha value is -5.62. The van der Waals surface area contributed by atoms with Crippen LogP contribution in [0.1, 0.15) is 90.9 Å². The molecule has 0 fully saturated rings. The van der Waals surface area contributed by atoms with Gasteiger partial charge in [0.15, 0.2) is 5.78 Å².